The molecule has 2 amide bonds. The zero-order valence-corrected chi connectivity index (χ0v) is 13.2. The Kier molecular flexibility index (Phi) is 4.09. The summed E-state index contributed by atoms with van der Waals surface area (Å²) in [7, 11) is 0. The van der Waals surface area contributed by atoms with Crippen LogP contribution in [0.25, 0.3) is 10.9 Å². The van der Waals surface area contributed by atoms with Crippen LogP contribution in [0.2, 0.25) is 0 Å². The largest absolute Gasteiger partial charge is 0.391 e. The second kappa shape index (κ2) is 6.04. The van der Waals surface area contributed by atoms with Gasteiger partial charge in [-0.25, -0.2) is 0 Å². The Morgan fingerprint density at radius 2 is 2.04 bits per heavy atom. The summed E-state index contributed by atoms with van der Waals surface area (Å²) >= 11 is 0. The lowest BCUT2D eigenvalue weighted by atomic mass is 10.1. The fraction of sp³-hybridized carbons (Fsp3) is 0.412. The molecule has 0 radical (unpaired) electrons. The maximum atomic E-state index is 12.4. The van der Waals surface area contributed by atoms with E-state index in [1.54, 1.807) is 6.07 Å². The standard InChI is InChI=1S/C17H21N3O3/c1-9-7-12-8-13(5-6-14(12)18-9)19-17(23)15(10(2)21)20-16(22)11-3-4-11/h5-8,10-11,15,18,21H,3-4H2,1-2H3,(H,19,23)(H,20,22). The van der Waals surface area contributed by atoms with E-state index in [0.29, 0.717) is 5.69 Å². The van der Waals surface area contributed by atoms with Crippen LogP contribution in [0.5, 0.6) is 0 Å². The van der Waals surface area contributed by atoms with Gasteiger partial charge >= 0.3 is 0 Å². The number of hydrogen-bond donors (Lipinski definition) is 4. The Morgan fingerprint density at radius 3 is 2.70 bits per heavy atom. The molecule has 6 heteroatoms. The van der Waals surface area contributed by atoms with E-state index in [-0.39, 0.29) is 11.8 Å². The molecule has 1 fully saturated rings. The summed E-state index contributed by atoms with van der Waals surface area (Å²) in [5.41, 5.74) is 2.67. The Balaban J connectivity index is 1.72. The molecule has 2 unspecified atom stereocenters. The number of H-pyrrole nitrogens is 1. The number of carbonyl (C=O) groups excluding carboxylic acids is 2. The van der Waals surface area contributed by atoms with E-state index in [9.17, 15) is 14.7 Å². The van der Waals surface area contributed by atoms with Crippen molar-refractivity contribution in [1.82, 2.24) is 10.3 Å². The third-order valence-electron chi connectivity index (χ3n) is 4.03. The van der Waals surface area contributed by atoms with E-state index in [2.05, 4.69) is 15.6 Å². The molecule has 1 saturated carbocycles. The van der Waals surface area contributed by atoms with Gasteiger partial charge in [0.25, 0.3) is 0 Å². The van der Waals surface area contributed by atoms with Crippen molar-refractivity contribution in [2.75, 3.05) is 5.32 Å². The SMILES string of the molecule is Cc1cc2cc(NC(=O)C(NC(=O)C3CC3)C(C)O)ccc2[nH]1. The zero-order chi connectivity index (χ0) is 16.6. The number of aliphatic hydroxyl groups is 1. The van der Waals surface area contributed by atoms with Gasteiger partial charge in [-0.2, -0.15) is 0 Å². The molecule has 1 aromatic heterocycles. The summed E-state index contributed by atoms with van der Waals surface area (Å²) in [4.78, 5) is 27.4. The Labute approximate surface area is 134 Å². The molecule has 1 aromatic carbocycles. The number of aliphatic hydroxyl groups excluding tert-OH is 1. The third-order valence-corrected chi connectivity index (χ3v) is 4.03. The molecule has 3 rings (SSSR count). The van der Waals surface area contributed by atoms with Crippen LogP contribution in [-0.2, 0) is 9.59 Å². The van der Waals surface area contributed by atoms with Gasteiger partial charge in [0, 0.05) is 28.2 Å². The molecule has 1 aliphatic carbocycles. The molecular formula is C17H21N3O3. The van der Waals surface area contributed by atoms with Crippen molar-refractivity contribution in [3.8, 4) is 0 Å². The maximum Gasteiger partial charge on any atom is 0.249 e. The van der Waals surface area contributed by atoms with Gasteiger partial charge in [-0.15, -0.1) is 0 Å². The fourth-order valence-electron chi connectivity index (χ4n) is 2.60. The van der Waals surface area contributed by atoms with Crippen LogP contribution < -0.4 is 10.6 Å². The lowest BCUT2D eigenvalue weighted by Gasteiger charge is -2.21. The number of rotatable bonds is 5. The zero-order valence-electron chi connectivity index (χ0n) is 13.2. The molecule has 4 N–H and O–H groups in total. The minimum Gasteiger partial charge on any atom is -0.391 e. The van der Waals surface area contributed by atoms with Crippen molar-refractivity contribution in [2.24, 2.45) is 5.92 Å². The number of carbonyl (C=O) groups is 2. The maximum absolute atomic E-state index is 12.4. The first-order valence-electron chi connectivity index (χ1n) is 7.83. The molecule has 1 heterocycles. The van der Waals surface area contributed by atoms with Crippen molar-refractivity contribution in [1.29, 1.82) is 0 Å². The summed E-state index contributed by atoms with van der Waals surface area (Å²) < 4.78 is 0. The first-order chi connectivity index (χ1) is 10.9. The lowest BCUT2D eigenvalue weighted by Crippen LogP contribution is -2.50. The molecule has 1 aliphatic rings. The molecular weight excluding hydrogens is 294 g/mol. The highest BCUT2D eigenvalue weighted by atomic mass is 16.3. The van der Waals surface area contributed by atoms with Gasteiger partial charge in [-0.05, 0) is 51.0 Å². The minimum absolute atomic E-state index is 0.0109. The van der Waals surface area contributed by atoms with E-state index >= 15 is 0 Å². The highest BCUT2D eigenvalue weighted by Crippen LogP contribution is 2.29. The number of aryl methyl sites for hydroxylation is 1. The number of benzene rings is 1. The topological polar surface area (TPSA) is 94.2 Å². The summed E-state index contributed by atoms with van der Waals surface area (Å²) in [6, 6.07) is 6.58. The average Bonchev–Trinajstić information content (AvgIpc) is 3.26. The predicted molar refractivity (Wildman–Crippen MR) is 88.0 cm³/mol. The van der Waals surface area contributed by atoms with Crippen molar-refractivity contribution >= 4 is 28.4 Å². The lowest BCUT2D eigenvalue weighted by molar-refractivity contribution is -0.129. The quantitative estimate of drug-likeness (QED) is 0.676. The summed E-state index contributed by atoms with van der Waals surface area (Å²) in [6.45, 7) is 3.46. The van der Waals surface area contributed by atoms with Gasteiger partial charge in [-0.1, -0.05) is 0 Å². The van der Waals surface area contributed by atoms with Crippen molar-refractivity contribution in [2.45, 2.75) is 38.8 Å². The number of aromatic nitrogens is 1. The van der Waals surface area contributed by atoms with E-state index in [1.807, 2.05) is 25.1 Å². The second-order valence-corrected chi connectivity index (χ2v) is 6.24. The van der Waals surface area contributed by atoms with Crippen molar-refractivity contribution in [3.63, 3.8) is 0 Å². The molecule has 2 aromatic rings. The summed E-state index contributed by atoms with van der Waals surface area (Å²) in [5.74, 6) is -0.591. The van der Waals surface area contributed by atoms with Crippen LogP contribution in [0, 0.1) is 12.8 Å². The minimum atomic E-state index is -0.962. The normalized spacial score (nSPS) is 16.8. The van der Waals surface area contributed by atoms with Crippen LogP contribution in [0.1, 0.15) is 25.5 Å². The number of hydrogen-bond acceptors (Lipinski definition) is 3. The molecule has 2 atom stereocenters. The third kappa shape index (κ3) is 3.53. The second-order valence-electron chi connectivity index (χ2n) is 6.24. The first-order valence-corrected chi connectivity index (χ1v) is 7.83. The van der Waals surface area contributed by atoms with Crippen LogP contribution in [0.3, 0.4) is 0 Å². The number of anilines is 1. The monoisotopic (exact) mass is 315 g/mol. The highest BCUT2D eigenvalue weighted by Gasteiger charge is 2.34. The molecule has 0 saturated heterocycles. The number of nitrogens with one attached hydrogen (secondary N) is 3. The van der Waals surface area contributed by atoms with Crippen LogP contribution in [-0.4, -0.2) is 34.1 Å². The van der Waals surface area contributed by atoms with E-state index in [1.165, 1.54) is 6.92 Å². The predicted octanol–water partition coefficient (Wildman–Crippen LogP) is 1.69. The van der Waals surface area contributed by atoms with Crippen molar-refractivity contribution in [3.05, 3.63) is 30.0 Å². The molecule has 6 nitrogen and oxygen atoms in total. The van der Waals surface area contributed by atoms with E-state index in [4.69, 9.17) is 0 Å². The molecule has 0 bridgehead atoms. The van der Waals surface area contributed by atoms with Crippen LogP contribution in [0.15, 0.2) is 24.3 Å². The van der Waals surface area contributed by atoms with Gasteiger partial charge in [0.15, 0.2) is 0 Å². The summed E-state index contributed by atoms with van der Waals surface area (Å²) in [6.07, 6.45) is 0.739. The molecule has 0 aliphatic heterocycles. The number of fused-ring (bicyclic) bond motifs is 1. The first kappa shape index (κ1) is 15.6. The van der Waals surface area contributed by atoms with E-state index < -0.39 is 18.1 Å². The van der Waals surface area contributed by atoms with Gasteiger partial charge in [0.1, 0.15) is 6.04 Å². The van der Waals surface area contributed by atoms with Crippen molar-refractivity contribution < 1.29 is 14.7 Å². The summed E-state index contributed by atoms with van der Waals surface area (Å²) in [5, 5.41) is 16.2. The Bertz CT molecular complexity index is 747. The molecule has 23 heavy (non-hydrogen) atoms. The van der Waals surface area contributed by atoms with Gasteiger partial charge in [0.2, 0.25) is 11.8 Å². The fourth-order valence-corrected chi connectivity index (χ4v) is 2.60. The average molecular weight is 315 g/mol. The van der Waals surface area contributed by atoms with Gasteiger partial charge < -0.3 is 20.7 Å². The van der Waals surface area contributed by atoms with Gasteiger partial charge in [0.05, 0.1) is 6.10 Å². The van der Waals surface area contributed by atoms with Crippen LogP contribution in [0.4, 0.5) is 5.69 Å². The smallest absolute Gasteiger partial charge is 0.249 e. The number of aromatic amines is 1. The molecule has 0 spiro atoms. The van der Waals surface area contributed by atoms with Gasteiger partial charge in [-0.3, -0.25) is 9.59 Å². The Morgan fingerprint density at radius 1 is 1.30 bits per heavy atom. The van der Waals surface area contributed by atoms with Crippen LogP contribution >= 0.6 is 0 Å². The highest BCUT2D eigenvalue weighted by molar-refractivity contribution is 5.99. The molecule has 122 valence electrons. The van der Waals surface area contributed by atoms with E-state index in [0.717, 1.165) is 29.4 Å². The Hall–Kier alpha value is -2.34. The number of amides is 2.